The van der Waals surface area contributed by atoms with Gasteiger partial charge in [0.05, 0.1) is 29.1 Å². The van der Waals surface area contributed by atoms with E-state index in [9.17, 15) is 13.2 Å². The molecule has 0 radical (unpaired) electrons. The predicted molar refractivity (Wildman–Crippen MR) is 88.2 cm³/mol. The normalized spacial score (nSPS) is 13.0. The fourth-order valence-corrected chi connectivity index (χ4v) is 2.65. The Morgan fingerprint density at radius 2 is 2.00 bits per heavy atom. The van der Waals surface area contributed by atoms with Gasteiger partial charge in [-0.2, -0.15) is 18.3 Å². The van der Waals surface area contributed by atoms with E-state index >= 15 is 0 Å². The predicted octanol–water partition coefficient (Wildman–Crippen LogP) is 4.52. The Labute approximate surface area is 148 Å². The van der Waals surface area contributed by atoms with Crippen molar-refractivity contribution in [3.63, 3.8) is 0 Å². The maximum atomic E-state index is 12.6. The van der Waals surface area contributed by atoms with Crippen molar-refractivity contribution in [2.24, 2.45) is 0 Å². The van der Waals surface area contributed by atoms with E-state index in [1.807, 2.05) is 13.8 Å². The SMILES string of the molecule is CCc1nn(CC)c(-c2cnc(O[C@H](C)C(F)(F)F)cc2OC)c1Cl. The summed E-state index contributed by atoms with van der Waals surface area (Å²) in [7, 11) is 1.41. The van der Waals surface area contributed by atoms with Crippen LogP contribution in [0.2, 0.25) is 5.02 Å². The van der Waals surface area contributed by atoms with E-state index in [0.29, 0.717) is 35.0 Å². The molecule has 138 valence electrons. The lowest BCUT2D eigenvalue weighted by Crippen LogP contribution is -2.31. The number of alkyl halides is 3. The lowest BCUT2D eigenvalue weighted by molar-refractivity contribution is -0.190. The molecule has 0 saturated carbocycles. The van der Waals surface area contributed by atoms with E-state index in [-0.39, 0.29) is 5.88 Å². The molecule has 0 aliphatic rings. The number of aromatic nitrogens is 3. The average Bonchev–Trinajstić information content (AvgIpc) is 2.89. The van der Waals surface area contributed by atoms with Crippen LogP contribution in [0.3, 0.4) is 0 Å². The van der Waals surface area contributed by atoms with Crippen molar-refractivity contribution in [3.05, 3.63) is 23.0 Å². The van der Waals surface area contributed by atoms with Crippen LogP contribution < -0.4 is 9.47 Å². The minimum Gasteiger partial charge on any atom is -0.496 e. The van der Waals surface area contributed by atoms with E-state index in [1.165, 1.54) is 19.4 Å². The van der Waals surface area contributed by atoms with Gasteiger partial charge in [0.15, 0.2) is 6.10 Å². The number of pyridine rings is 1. The van der Waals surface area contributed by atoms with Gasteiger partial charge in [0.2, 0.25) is 5.88 Å². The Morgan fingerprint density at radius 1 is 1.32 bits per heavy atom. The summed E-state index contributed by atoms with van der Waals surface area (Å²) in [6.45, 7) is 5.33. The van der Waals surface area contributed by atoms with Gasteiger partial charge in [0.25, 0.3) is 0 Å². The summed E-state index contributed by atoms with van der Waals surface area (Å²) in [6, 6.07) is 1.31. The fraction of sp³-hybridized carbons (Fsp3) is 0.500. The molecule has 0 spiro atoms. The maximum Gasteiger partial charge on any atom is 0.425 e. The van der Waals surface area contributed by atoms with Gasteiger partial charge in [-0.25, -0.2) is 4.98 Å². The van der Waals surface area contributed by atoms with Crippen molar-refractivity contribution in [1.29, 1.82) is 0 Å². The molecule has 0 aromatic carbocycles. The van der Waals surface area contributed by atoms with Crippen molar-refractivity contribution >= 4 is 11.6 Å². The molecular weight excluding hydrogens is 359 g/mol. The molecule has 0 fully saturated rings. The molecular formula is C16H19ClF3N3O2. The van der Waals surface area contributed by atoms with Gasteiger partial charge in [-0.3, -0.25) is 4.68 Å². The van der Waals surface area contributed by atoms with E-state index in [1.54, 1.807) is 4.68 Å². The molecule has 2 heterocycles. The summed E-state index contributed by atoms with van der Waals surface area (Å²) in [5, 5.41) is 4.90. The van der Waals surface area contributed by atoms with E-state index in [2.05, 4.69) is 10.1 Å². The van der Waals surface area contributed by atoms with Crippen LogP contribution in [0.1, 0.15) is 26.5 Å². The molecule has 5 nitrogen and oxygen atoms in total. The van der Waals surface area contributed by atoms with Crippen LogP contribution in [-0.2, 0) is 13.0 Å². The highest BCUT2D eigenvalue weighted by atomic mass is 35.5. The number of rotatable bonds is 6. The Morgan fingerprint density at radius 3 is 2.52 bits per heavy atom. The largest absolute Gasteiger partial charge is 0.496 e. The zero-order valence-electron chi connectivity index (χ0n) is 14.3. The second-order valence-electron chi connectivity index (χ2n) is 5.30. The lowest BCUT2D eigenvalue weighted by Gasteiger charge is -2.18. The van der Waals surface area contributed by atoms with Gasteiger partial charge in [-0.1, -0.05) is 18.5 Å². The van der Waals surface area contributed by atoms with Gasteiger partial charge in [-0.15, -0.1) is 0 Å². The van der Waals surface area contributed by atoms with Crippen LogP contribution in [0, 0.1) is 0 Å². The first kappa shape index (κ1) is 19.4. The molecule has 0 bridgehead atoms. The number of ether oxygens (including phenoxy) is 2. The van der Waals surface area contributed by atoms with Crippen LogP contribution in [-0.4, -0.2) is 34.2 Å². The van der Waals surface area contributed by atoms with Crippen LogP contribution >= 0.6 is 11.6 Å². The first-order valence-corrected chi connectivity index (χ1v) is 8.13. The molecule has 0 saturated heterocycles. The Bertz CT molecular complexity index is 747. The highest BCUT2D eigenvalue weighted by Crippen LogP contribution is 2.38. The average molecular weight is 378 g/mol. The van der Waals surface area contributed by atoms with Gasteiger partial charge in [0, 0.05) is 18.8 Å². The number of nitrogens with zero attached hydrogens (tertiary/aromatic N) is 3. The highest BCUT2D eigenvalue weighted by Gasteiger charge is 2.38. The Hall–Kier alpha value is -1.96. The molecule has 9 heteroatoms. The monoisotopic (exact) mass is 377 g/mol. The first-order valence-electron chi connectivity index (χ1n) is 7.75. The molecule has 0 aliphatic heterocycles. The van der Waals surface area contributed by atoms with Crippen LogP contribution in [0.4, 0.5) is 13.2 Å². The maximum absolute atomic E-state index is 12.6. The van der Waals surface area contributed by atoms with Gasteiger partial charge in [0.1, 0.15) is 5.75 Å². The number of hydrogen-bond acceptors (Lipinski definition) is 4. The van der Waals surface area contributed by atoms with Crippen molar-refractivity contribution in [1.82, 2.24) is 14.8 Å². The standard InChI is InChI=1S/C16H19ClF3N3O2/c1-5-11-14(17)15(23(6-2)22-11)10-8-21-13(7-12(10)24-4)25-9(3)16(18,19)20/h7-9H,5-6H2,1-4H3/t9-/m1/s1. The fourth-order valence-electron chi connectivity index (χ4n) is 2.28. The number of methoxy groups -OCH3 is 1. The molecule has 0 unspecified atom stereocenters. The molecule has 0 aliphatic carbocycles. The van der Waals surface area contributed by atoms with Gasteiger partial charge >= 0.3 is 6.18 Å². The Balaban J connectivity index is 2.46. The van der Waals surface area contributed by atoms with Crippen LogP contribution in [0.5, 0.6) is 11.6 Å². The zero-order chi connectivity index (χ0) is 18.8. The van der Waals surface area contributed by atoms with Crippen molar-refractivity contribution in [3.8, 4) is 22.9 Å². The smallest absolute Gasteiger partial charge is 0.425 e. The minimum atomic E-state index is -4.48. The van der Waals surface area contributed by atoms with Gasteiger partial charge in [-0.05, 0) is 20.3 Å². The third kappa shape index (κ3) is 4.00. The number of aryl methyl sites for hydroxylation is 2. The topological polar surface area (TPSA) is 49.2 Å². The lowest BCUT2D eigenvalue weighted by atomic mass is 10.1. The molecule has 0 N–H and O–H groups in total. The summed E-state index contributed by atoms with van der Waals surface area (Å²) in [5.41, 5.74) is 1.88. The van der Waals surface area contributed by atoms with Gasteiger partial charge < -0.3 is 9.47 Å². The summed E-state index contributed by atoms with van der Waals surface area (Å²) < 4.78 is 49.8. The van der Waals surface area contributed by atoms with Crippen molar-refractivity contribution in [2.45, 2.75) is 46.0 Å². The third-order valence-corrected chi connectivity index (χ3v) is 4.07. The zero-order valence-corrected chi connectivity index (χ0v) is 15.1. The van der Waals surface area contributed by atoms with Crippen molar-refractivity contribution in [2.75, 3.05) is 7.11 Å². The second-order valence-corrected chi connectivity index (χ2v) is 5.68. The quantitative estimate of drug-likeness (QED) is 0.742. The summed E-state index contributed by atoms with van der Waals surface area (Å²) in [6.07, 6.45) is -4.43. The molecule has 2 rings (SSSR count). The van der Waals surface area contributed by atoms with E-state index in [4.69, 9.17) is 21.1 Å². The molecule has 25 heavy (non-hydrogen) atoms. The molecule has 2 aromatic heterocycles. The third-order valence-electron chi connectivity index (χ3n) is 3.67. The Kier molecular flexibility index (Phi) is 5.82. The van der Waals surface area contributed by atoms with Crippen molar-refractivity contribution < 1.29 is 22.6 Å². The van der Waals surface area contributed by atoms with Crippen LogP contribution in [0.15, 0.2) is 12.3 Å². The second kappa shape index (κ2) is 7.51. The summed E-state index contributed by atoms with van der Waals surface area (Å²) in [5.74, 6) is 0.123. The molecule has 2 aromatic rings. The molecule has 1 atom stereocenters. The minimum absolute atomic E-state index is 0.181. The van der Waals surface area contributed by atoms with E-state index < -0.39 is 12.3 Å². The number of hydrogen-bond donors (Lipinski definition) is 0. The highest BCUT2D eigenvalue weighted by molar-refractivity contribution is 6.33. The first-order chi connectivity index (χ1) is 11.7. The molecule has 0 amide bonds. The van der Waals surface area contributed by atoms with Crippen LogP contribution in [0.25, 0.3) is 11.3 Å². The van der Waals surface area contributed by atoms with E-state index in [0.717, 1.165) is 12.6 Å². The summed E-state index contributed by atoms with van der Waals surface area (Å²) in [4.78, 5) is 3.97. The number of halogens is 4. The summed E-state index contributed by atoms with van der Waals surface area (Å²) >= 11 is 6.41.